The maximum Gasteiger partial charge on any atom is 0.241 e. The molecule has 0 spiro atoms. The van der Waals surface area contributed by atoms with Crippen LogP contribution in [0.25, 0.3) is 0 Å². The quantitative estimate of drug-likeness (QED) is 0.524. The minimum Gasteiger partial charge on any atom is -0.497 e. The first-order chi connectivity index (χ1) is 12.3. The van der Waals surface area contributed by atoms with Gasteiger partial charge in [-0.1, -0.05) is 26.0 Å². The van der Waals surface area contributed by atoms with Gasteiger partial charge in [-0.05, 0) is 43.4 Å². The molecule has 0 aromatic heterocycles. The second kappa shape index (κ2) is 11.4. The van der Waals surface area contributed by atoms with Gasteiger partial charge < -0.3 is 20.3 Å². The summed E-state index contributed by atoms with van der Waals surface area (Å²) < 4.78 is 5.18. The molecule has 1 aromatic rings. The number of likely N-dealkylation sites (N-methyl/N-ethyl adjacent to an activating group) is 1. The number of aliphatic imine (C=N–C) groups is 1. The van der Waals surface area contributed by atoms with Crippen LogP contribution in [0.15, 0.2) is 29.3 Å². The molecule has 1 rings (SSSR count). The highest BCUT2D eigenvalue weighted by Crippen LogP contribution is 2.12. The van der Waals surface area contributed by atoms with Gasteiger partial charge in [-0.15, -0.1) is 0 Å². The van der Waals surface area contributed by atoms with E-state index in [0.717, 1.165) is 24.2 Å². The van der Waals surface area contributed by atoms with Crippen molar-refractivity contribution in [3.63, 3.8) is 0 Å². The molecule has 2 N–H and O–H groups in total. The number of nitrogens with zero attached hydrogens (tertiary/aromatic N) is 2. The number of nitrogens with one attached hydrogen (secondary N) is 2. The Bertz CT molecular complexity index is 568. The van der Waals surface area contributed by atoms with Crippen LogP contribution < -0.4 is 15.4 Å². The van der Waals surface area contributed by atoms with E-state index in [0.29, 0.717) is 18.4 Å². The molecule has 0 aliphatic rings. The van der Waals surface area contributed by atoms with E-state index in [4.69, 9.17) is 4.74 Å². The highest BCUT2D eigenvalue weighted by atomic mass is 16.5. The van der Waals surface area contributed by atoms with Crippen LogP contribution >= 0.6 is 0 Å². The number of carbonyl (C=O) groups is 1. The molecule has 26 heavy (non-hydrogen) atoms. The number of benzene rings is 1. The van der Waals surface area contributed by atoms with Gasteiger partial charge in [0.2, 0.25) is 5.91 Å². The topological polar surface area (TPSA) is 66.0 Å². The third-order valence-corrected chi connectivity index (χ3v) is 4.04. The van der Waals surface area contributed by atoms with Crippen molar-refractivity contribution in [2.45, 2.75) is 46.2 Å². The highest BCUT2D eigenvalue weighted by molar-refractivity contribution is 5.86. The third kappa shape index (κ3) is 8.74. The average molecular weight is 363 g/mol. The van der Waals surface area contributed by atoms with Crippen LogP contribution in [-0.4, -0.2) is 50.6 Å². The molecule has 0 aliphatic heterocycles. The zero-order valence-corrected chi connectivity index (χ0v) is 17.0. The Kier molecular flexibility index (Phi) is 9.55. The number of methoxy groups -OCH3 is 1. The third-order valence-electron chi connectivity index (χ3n) is 4.04. The van der Waals surface area contributed by atoms with E-state index in [1.54, 1.807) is 26.1 Å². The molecule has 146 valence electrons. The lowest BCUT2D eigenvalue weighted by Gasteiger charge is -2.20. The summed E-state index contributed by atoms with van der Waals surface area (Å²) in [6, 6.07) is 8.12. The zero-order valence-electron chi connectivity index (χ0n) is 17.0. The SMILES string of the molecule is COc1ccc(CN=C(NCC(=O)N(C)C)NC(C)CCC(C)C)cc1. The number of carbonyl (C=O) groups excluding carboxylic acids is 1. The van der Waals surface area contributed by atoms with Crippen molar-refractivity contribution in [2.24, 2.45) is 10.9 Å². The monoisotopic (exact) mass is 362 g/mol. The lowest BCUT2D eigenvalue weighted by molar-refractivity contribution is -0.127. The van der Waals surface area contributed by atoms with E-state index in [9.17, 15) is 4.79 Å². The van der Waals surface area contributed by atoms with Crippen molar-refractivity contribution in [1.29, 1.82) is 0 Å². The summed E-state index contributed by atoms with van der Waals surface area (Å²) in [7, 11) is 5.15. The van der Waals surface area contributed by atoms with Crippen molar-refractivity contribution < 1.29 is 9.53 Å². The Labute approximate surface area is 158 Å². The van der Waals surface area contributed by atoms with Gasteiger partial charge in [-0.25, -0.2) is 4.99 Å². The summed E-state index contributed by atoms with van der Waals surface area (Å²) in [6.45, 7) is 7.34. The molecule has 0 bridgehead atoms. The summed E-state index contributed by atoms with van der Waals surface area (Å²) in [5.74, 6) is 2.17. The normalized spacial score (nSPS) is 12.7. The minimum absolute atomic E-state index is 0.0128. The predicted molar refractivity (Wildman–Crippen MR) is 107 cm³/mol. The van der Waals surface area contributed by atoms with Gasteiger partial charge in [0, 0.05) is 20.1 Å². The van der Waals surface area contributed by atoms with Crippen LogP contribution in [0.4, 0.5) is 0 Å². The van der Waals surface area contributed by atoms with Gasteiger partial charge in [0.05, 0.1) is 20.2 Å². The van der Waals surface area contributed by atoms with Crippen molar-refractivity contribution >= 4 is 11.9 Å². The van der Waals surface area contributed by atoms with Crippen LogP contribution in [0, 0.1) is 5.92 Å². The van der Waals surface area contributed by atoms with Crippen LogP contribution in [0.3, 0.4) is 0 Å². The fourth-order valence-electron chi connectivity index (χ4n) is 2.26. The standard InChI is InChI=1S/C20H34N4O2/c1-15(2)7-8-16(3)23-20(22-14-19(25)24(4)5)21-13-17-9-11-18(26-6)12-10-17/h9-12,15-16H,7-8,13-14H2,1-6H3,(H2,21,22,23). The molecule has 1 atom stereocenters. The van der Waals surface area contributed by atoms with Crippen molar-refractivity contribution in [3.05, 3.63) is 29.8 Å². The number of ether oxygens (including phenoxy) is 1. The Morgan fingerprint density at radius 2 is 1.81 bits per heavy atom. The second-order valence-electron chi connectivity index (χ2n) is 7.17. The molecular weight excluding hydrogens is 328 g/mol. The summed E-state index contributed by atoms with van der Waals surface area (Å²) in [4.78, 5) is 18.1. The summed E-state index contributed by atoms with van der Waals surface area (Å²) >= 11 is 0. The summed E-state index contributed by atoms with van der Waals surface area (Å²) in [6.07, 6.45) is 2.21. The first-order valence-electron chi connectivity index (χ1n) is 9.19. The first-order valence-corrected chi connectivity index (χ1v) is 9.19. The van der Waals surface area contributed by atoms with Crippen LogP contribution in [-0.2, 0) is 11.3 Å². The van der Waals surface area contributed by atoms with E-state index < -0.39 is 0 Å². The van der Waals surface area contributed by atoms with E-state index >= 15 is 0 Å². The van der Waals surface area contributed by atoms with Crippen LogP contribution in [0.1, 0.15) is 39.2 Å². The number of amides is 1. The second-order valence-corrected chi connectivity index (χ2v) is 7.17. The lowest BCUT2D eigenvalue weighted by Crippen LogP contribution is -2.46. The fourth-order valence-corrected chi connectivity index (χ4v) is 2.26. The van der Waals surface area contributed by atoms with Gasteiger partial charge in [0.1, 0.15) is 5.75 Å². The van der Waals surface area contributed by atoms with Gasteiger partial charge in [-0.2, -0.15) is 0 Å². The Morgan fingerprint density at radius 1 is 1.15 bits per heavy atom. The molecule has 0 saturated heterocycles. The van der Waals surface area contributed by atoms with Crippen molar-refractivity contribution in [1.82, 2.24) is 15.5 Å². The van der Waals surface area contributed by atoms with E-state index in [-0.39, 0.29) is 18.5 Å². The van der Waals surface area contributed by atoms with E-state index in [2.05, 4.69) is 36.4 Å². The summed E-state index contributed by atoms with van der Waals surface area (Å²) in [5.41, 5.74) is 1.08. The fraction of sp³-hybridized carbons (Fsp3) is 0.600. The smallest absolute Gasteiger partial charge is 0.241 e. The summed E-state index contributed by atoms with van der Waals surface area (Å²) in [5, 5.41) is 6.54. The molecule has 1 unspecified atom stereocenters. The molecule has 0 aliphatic carbocycles. The number of hydrogen-bond acceptors (Lipinski definition) is 3. The average Bonchev–Trinajstić information content (AvgIpc) is 2.62. The van der Waals surface area contributed by atoms with Gasteiger partial charge in [0.25, 0.3) is 0 Å². The maximum atomic E-state index is 11.9. The van der Waals surface area contributed by atoms with Crippen molar-refractivity contribution in [3.8, 4) is 5.75 Å². The number of rotatable bonds is 9. The molecule has 0 fully saturated rings. The van der Waals surface area contributed by atoms with Gasteiger partial charge >= 0.3 is 0 Å². The van der Waals surface area contributed by atoms with E-state index in [1.807, 2.05) is 24.3 Å². The Balaban J connectivity index is 2.71. The molecular formula is C20H34N4O2. The Morgan fingerprint density at radius 3 is 2.35 bits per heavy atom. The van der Waals surface area contributed by atoms with E-state index in [1.165, 1.54) is 0 Å². The largest absolute Gasteiger partial charge is 0.497 e. The maximum absolute atomic E-state index is 11.9. The van der Waals surface area contributed by atoms with Crippen LogP contribution in [0.2, 0.25) is 0 Å². The van der Waals surface area contributed by atoms with Gasteiger partial charge in [0.15, 0.2) is 5.96 Å². The van der Waals surface area contributed by atoms with Crippen molar-refractivity contribution in [2.75, 3.05) is 27.7 Å². The molecule has 0 saturated carbocycles. The Hall–Kier alpha value is -2.24. The van der Waals surface area contributed by atoms with Crippen LogP contribution in [0.5, 0.6) is 5.75 Å². The molecule has 1 aromatic carbocycles. The number of hydrogen-bond donors (Lipinski definition) is 2. The predicted octanol–water partition coefficient (Wildman–Crippen LogP) is 2.64. The number of guanidine groups is 1. The molecule has 0 heterocycles. The minimum atomic E-state index is 0.0128. The zero-order chi connectivity index (χ0) is 19.5. The molecule has 0 radical (unpaired) electrons. The first kappa shape index (κ1) is 21.8. The molecule has 6 nitrogen and oxygen atoms in total. The lowest BCUT2D eigenvalue weighted by atomic mass is 10.0. The molecule has 1 amide bonds. The molecule has 6 heteroatoms. The van der Waals surface area contributed by atoms with Gasteiger partial charge in [-0.3, -0.25) is 4.79 Å². The highest BCUT2D eigenvalue weighted by Gasteiger charge is 2.09.